The van der Waals surface area contributed by atoms with Crippen LogP contribution >= 0.6 is 11.8 Å². The quantitative estimate of drug-likeness (QED) is 0.628. The molecule has 2 N–H and O–H groups in total. The second kappa shape index (κ2) is 5.90. The first-order valence-corrected chi connectivity index (χ1v) is 5.70. The molecule has 0 rings (SSSR count). The van der Waals surface area contributed by atoms with Crippen molar-refractivity contribution in [1.29, 1.82) is 0 Å². The third-order valence-electron chi connectivity index (χ3n) is 2.36. The molecule has 0 aliphatic rings. The van der Waals surface area contributed by atoms with E-state index in [1.54, 1.807) is 0 Å². The zero-order chi connectivity index (χ0) is 8.74. The summed E-state index contributed by atoms with van der Waals surface area (Å²) in [6, 6.07) is 0. The van der Waals surface area contributed by atoms with E-state index < -0.39 is 0 Å². The summed E-state index contributed by atoms with van der Waals surface area (Å²) in [6.07, 6.45) is 3.38. The van der Waals surface area contributed by atoms with Crippen LogP contribution in [-0.2, 0) is 0 Å². The lowest BCUT2D eigenvalue weighted by atomic mass is 9.91. The van der Waals surface area contributed by atoms with Crippen LogP contribution < -0.4 is 5.73 Å². The molecule has 1 nitrogen and oxygen atoms in total. The van der Waals surface area contributed by atoms with Gasteiger partial charge in [-0.05, 0) is 30.8 Å². The van der Waals surface area contributed by atoms with Gasteiger partial charge in [0.25, 0.3) is 0 Å². The molecule has 0 aromatic carbocycles. The molecule has 0 aromatic rings. The molecule has 0 aliphatic heterocycles. The van der Waals surface area contributed by atoms with E-state index in [1.807, 2.05) is 11.8 Å². The SMILES string of the molecule is CCSCCC(N)(CC)CC. The van der Waals surface area contributed by atoms with Gasteiger partial charge in [0, 0.05) is 5.54 Å². The Morgan fingerprint density at radius 3 is 2.09 bits per heavy atom. The van der Waals surface area contributed by atoms with Crippen molar-refractivity contribution in [1.82, 2.24) is 0 Å². The lowest BCUT2D eigenvalue weighted by Gasteiger charge is -2.26. The van der Waals surface area contributed by atoms with Crippen molar-refractivity contribution in [3.05, 3.63) is 0 Å². The molecule has 0 amide bonds. The van der Waals surface area contributed by atoms with Crippen molar-refractivity contribution in [2.24, 2.45) is 5.73 Å². The van der Waals surface area contributed by atoms with Crippen molar-refractivity contribution in [3.8, 4) is 0 Å². The Kier molecular flexibility index (Phi) is 6.06. The number of nitrogens with two attached hydrogens (primary N) is 1. The Labute approximate surface area is 75.1 Å². The van der Waals surface area contributed by atoms with Crippen molar-refractivity contribution < 1.29 is 0 Å². The van der Waals surface area contributed by atoms with Gasteiger partial charge in [-0.1, -0.05) is 20.8 Å². The van der Waals surface area contributed by atoms with Gasteiger partial charge in [0.1, 0.15) is 0 Å². The van der Waals surface area contributed by atoms with E-state index in [2.05, 4.69) is 20.8 Å². The molecule has 0 atom stereocenters. The van der Waals surface area contributed by atoms with Crippen molar-refractivity contribution >= 4 is 11.8 Å². The topological polar surface area (TPSA) is 26.0 Å². The fourth-order valence-electron chi connectivity index (χ4n) is 1.02. The van der Waals surface area contributed by atoms with Crippen LogP contribution in [0.15, 0.2) is 0 Å². The zero-order valence-corrected chi connectivity index (χ0v) is 8.84. The summed E-state index contributed by atoms with van der Waals surface area (Å²) in [5.74, 6) is 2.43. The Bertz CT molecular complexity index is 89.6. The van der Waals surface area contributed by atoms with Crippen LogP contribution in [0.4, 0.5) is 0 Å². The summed E-state index contributed by atoms with van der Waals surface area (Å²) in [4.78, 5) is 0. The summed E-state index contributed by atoms with van der Waals surface area (Å²) in [5.41, 5.74) is 6.24. The molecular formula is C9H21NS. The molecule has 0 aliphatic carbocycles. The molecule has 0 saturated heterocycles. The van der Waals surface area contributed by atoms with Crippen molar-refractivity contribution in [3.63, 3.8) is 0 Å². The summed E-state index contributed by atoms with van der Waals surface area (Å²) >= 11 is 1.99. The molecule has 68 valence electrons. The van der Waals surface area contributed by atoms with Crippen LogP contribution in [0.5, 0.6) is 0 Å². The highest BCUT2D eigenvalue weighted by atomic mass is 32.2. The second-order valence-electron chi connectivity index (χ2n) is 3.02. The molecule has 0 fully saturated rings. The smallest absolute Gasteiger partial charge is 0.0157 e. The molecule has 0 aromatic heterocycles. The summed E-state index contributed by atoms with van der Waals surface area (Å²) < 4.78 is 0. The van der Waals surface area contributed by atoms with Crippen LogP contribution in [0.1, 0.15) is 40.0 Å². The average molecular weight is 175 g/mol. The van der Waals surface area contributed by atoms with E-state index in [0.29, 0.717) is 0 Å². The van der Waals surface area contributed by atoms with Crippen molar-refractivity contribution in [2.45, 2.75) is 45.6 Å². The molecule has 2 heteroatoms. The molecular weight excluding hydrogens is 154 g/mol. The molecule has 0 saturated carbocycles. The molecule has 0 unspecified atom stereocenters. The first kappa shape index (κ1) is 11.3. The predicted octanol–water partition coefficient (Wildman–Crippen LogP) is 2.65. The van der Waals surface area contributed by atoms with Gasteiger partial charge in [-0.25, -0.2) is 0 Å². The van der Waals surface area contributed by atoms with Gasteiger partial charge in [-0.3, -0.25) is 0 Å². The van der Waals surface area contributed by atoms with Crippen molar-refractivity contribution in [2.75, 3.05) is 11.5 Å². The minimum absolute atomic E-state index is 0.113. The highest BCUT2D eigenvalue weighted by molar-refractivity contribution is 7.99. The molecule has 0 spiro atoms. The maximum atomic E-state index is 6.12. The monoisotopic (exact) mass is 175 g/mol. The van der Waals surface area contributed by atoms with E-state index in [0.717, 1.165) is 12.8 Å². The van der Waals surface area contributed by atoms with Gasteiger partial charge >= 0.3 is 0 Å². The summed E-state index contributed by atoms with van der Waals surface area (Å²) in [5, 5.41) is 0. The summed E-state index contributed by atoms with van der Waals surface area (Å²) in [7, 11) is 0. The van der Waals surface area contributed by atoms with Crippen LogP contribution in [-0.4, -0.2) is 17.0 Å². The lowest BCUT2D eigenvalue weighted by molar-refractivity contribution is 0.386. The maximum absolute atomic E-state index is 6.12. The van der Waals surface area contributed by atoms with E-state index >= 15 is 0 Å². The Balaban J connectivity index is 3.51. The minimum Gasteiger partial charge on any atom is -0.325 e. The normalized spacial score (nSPS) is 12.0. The highest BCUT2D eigenvalue weighted by Crippen LogP contribution is 2.18. The third-order valence-corrected chi connectivity index (χ3v) is 3.26. The van der Waals surface area contributed by atoms with Crippen LogP contribution in [0.25, 0.3) is 0 Å². The maximum Gasteiger partial charge on any atom is 0.0157 e. The Morgan fingerprint density at radius 2 is 1.73 bits per heavy atom. The Hall–Kier alpha value is 0.310. The molecule has 0 heterocycles. The van der Waals surface area contributed by atoms with E-state index in [-0.39, 0.29) is 5.54 Å². The largest absolute Gasteiger partial charge is 0.325 e. The van der Waals surface area contributed by atoms with Gasteiger partial charge in [0.05, 0.1) is 0 Å². The van der Waals surface area contributed by atoms with Crippen LogP contribution in [0.3, 0.4) is 0 Å². The molecule has 0 radical (unpaired) electrons. The minimum atomic E-state index is 0.113. The standard InChI is InChI=1S/C9H21NS/c1-4-9(10,5-2)7-8-11-6-3/h4-8,10H2,1-3H3. The molecule has 11 heavy (non-hydrogen) atoms. The van der Waals surface area contributed by atoms with Crippen LogP contribution in [0.2, 0.25) is 0 Å². The first-order chi connectivity index (χ1) is 5.18. The zero-order valence-electron chi connectivity index (χ0n) is 8.02. The predicted molar refractivity (Wildman–Crippen MR) is 55.1 cm³/mol. The van der Waals surface area contributed by atoms with Gasteiger partial charge in [-0.15, -0.1) is 0 Å². The van der Waals surface area contributed by atoms with Crippen LogP contribution in [0, 0.1) is 0 Å². The van der Waals surface area contributed by atoms with Gasteiger partial charge in [0.15, 0.2) is 0 Å². The second-order valence-corrected chi connectivity index (χ2v) is 4.41. The number of thioether (sulfide) groups is 1. The number of hydrogen-bond donors (Lipinski definition) is 1. The van der Waals surface area contributed by atoms with E-state index in [1.165, 1.54) is 17.9 Å². The number of hydrogen-bond acceptors (Lipinski definition) is 2. The fourth-order valence-corrected chi connectivity index (χ4v) is 1.86. The lowest BCUT2D eigenvalue weighted by Crippen LogP contribution is -2.38. The average Bonchev–Trinajstić information content (AvgIpc) is 2.05. The summed E-state index contributed by atoms with van der Waals surface area (Å²) in [6.45, 7) is 6.56. The highest BCUT2D eigenvalue weighted by Gasteiger charge is 2.18. The van der Waals surface area contributed by atoms with E-state index in [9.17, 15) is 0 Å². The fraction of sp³-hybridized carbons (Fsp3) is 1.00. The van der Waals surface area contributed by atoms with Gasteiger partial charge < -0.3 is 5.73 Å². The number of rotatable bonds is 6. The van der Waals surface area contributed by atoms with E-state index in [4.69, 9.17) is 5.73 Å². The Morgan fingerprint density at radius 1 is 1.18 bits per heavy atom. The first-order valence-electron chi connectivity index (χ1n) is 4.55. The molecule has 0 bridgehead atoms. The third kappa shape index (κ3) is 4.70. The van der Waals surface area contributed by atoms with Gasteiger partial charge in [-0.2, -0.15) is 11.8 Å². The van der Waals surface area contributed by atoms with Gasteiger partial charge in [0.2, 0.25) is 0 Å².